The third kappa shape index (κ3) is 9.00. The largest absolute Gasteiger partial charge is 0.425 e. The Morgan fingerprint density at radius 1 is 1.00 bits per heavy atom. The molecule has 2 aromatic rings. The van der Waals surface area contributed by atoms with Crippen LogP contribution in [0.2, 0.25) is 0 Å². The molecule has 0 N–H and O–H groups in total. The van der Waals surface area contributed by atoms with Crippen molar-refractivity contribution in [3.8, 4) is 23.1 Å². The first-order valence-electron chi connectivity index (χ1n) is 12.6. The Hall–Kier alpha value is -2.67. The fourth-order valence-electron chi connectivity index (χ4n) is 4.11. The number of unbranched alkanes of at least 4 members (excludes halogenated alkanes) is 7. The summed E-state index contributed by atoms with van der Waals surface area (Å²) in [6.45, 7) is 7.88. The second kappa shape index (κ2) is 13.8. The molecule has 0 aliphatic carbocycles. The molecule has 1 heterocycles. The minimum Gasteiger partial charge on any atom is -0.425 e. The van der Waals surface area contributed by atoms with Gasteiger partial charge in [-0.1, -0.05) is 71.8 Å². The van der Waals surface area contributed by atoms with Crippen LogP contribution < -0.4 is 4.74 Å². The predicted octanol–water partition coefficient (Wildman–Crippen LogP) is 7.91. The van der Waals surface area contributed by atoms with Crippen molar-refractivity contribution >= 4 is 5.97 Å². The molecule has 0 aliphatic rings. The number of carbonyl (C=O) groups is 1. The highest BCUT2D eigenvalue weighted by molar-refractivity contribution is 5.81. The van der Waals surface area contributed by atoms with E-state index in [1.807, 2.05) is 32.2 Å². The van der Waals surface area contributed by atoms with Crippen LogP contribution in [0.4, 0.5) is 0 Å². The average Bonchev–Trinajstić information content (AvgIpc) is 2.81. The summed E-state index contributed by atoms with van der Waals surface area (Å²) in [5.41, 5.74) is 2.00. The Morgan fingerprint density at radius 3 is 2.18 bits per heavy atom. The fraction of sp³-hybridized carbons (Fsp3) is 0.552. The molecule has 0 bridgehead atoms. The van der Waals surface area contributed by atoms with E-state index < -0.39 is 11.4 Å². The number of esters is 1. The third-order valence-electron chi connectivity index (χ3n) is 6.02. The van der Waals surface area contributed by atoms with E-state index in [9.17, 15) is 10.1 Å². The number of ether oxygens (including phenoxy) is 1. The number of nitriles is 1. The molecule has 0 radical (unpaired) electrons. The van der Waals surface area contributed by atoms with Gasteiger partial charge in [0.25, 0.3) is 0 Å². The highest BCUT2D eigenvalue weighted by Crippen LogP contribution is 2.29. The van der Waals surface area contributed by atoms with Crippen LogP contribution in [-0.2, 0) is 11.2 Å². The molecule has 178 valence electrons. The van der Waals surface area contributed by atoms with E-state index in [0.29, 0.717) is 12.2 Å². The van der Waals surface area contributed by atoms with Crippen LogP contribution in [0, 0.1) is 22.7 Å². The number of hydrogen-bond donors (Lipinski definition) is 0. The normalized spacial score (nSPS) is 12.8. The molecule has 0 aliphatic heterocycles. The number of carbonyl (C=O) groups excluding carboxylic acids is 1. The molecule has 0 fully saturated rings. The molecule has 0 saturated carbocycles. The van der Waals surface area contributed by atoms with Crippen LogP contribution in [0.15, 0.2) is 42.6 Å². The SMILES string of the molecule is CCCCCCCCCCc1ccc(-c2ccc(OC(=O)C(C)(C#N)CC(C)C)cc2)nc1. The molecule has 4 heteroatoms. The van der Waals surface area contributed by atoms with Crippen molar-refractivity contribution in [1.82, 2.24) is 4.98 Å². The Kier molecular flexibility index (Phi) is 11.1. The lowest BCUT2D eigenvalue weighted by Crippen LogP contribution is -2.32. The van der Waals surface area contributed by atoms with Crippen molar-refractivity contribution in [1.29, 1.82) is 5.26 Å². The Labute approximate surface area is 200 Å². The van der Waals surface area contributed by atoms with Crippen LogP contribution in [0.1, 0.15) is 91.0 Å². The predicted molar refractivity (Wildman–Crippen MR) is 135 cm³/mol. The molecule has 2 rings (SSSR count). The lowest BCUT2D eigenvalue weighted by atomic mass is 9.83. The summed E-state index contributed by atoms with van der Waals surface area (Å²) < 4.78 is 5.49. The van der Waals surface area contributed by atoms with E-state index >= 15 is 0 Å². The number of aromatic nitrogens is 1. The zero-order chi connectivity index (χ0) is 24.1. The molecule has 0 saturated heterocycles. The molecule has 4 nitrogen and oxygen atoms in total. The first-order valence-corrected chi connectivity index (χ1v) is 12.6. The van der Waals surface area contributed by atoms with Gasteiger partial charge >= 0.3 is 5.97 Å². The van der Waals surface area contributed by atoms with Crippen LogP contribution in [0.25, 0.3) is 11.3 Å². The molecular weight excluding hydrogens is 408 g/mol. The molecule has 1 unspecified atom stereocenters. The molecule has 33 heavy (non-hydrogen) atoms. The summed E-state index contributed by atoms with van der Waals surface area (Å²) in [6, 6.07) is 13.6. The maximum Gasteiger partial charge on any atom is 0.331 e. The smallest absolute Gasteiger partial charge is 0.331 e. The summed E-state index contributed by atoms with van der Waals surface area (Å²) in [4.78, 5) is 17.1. The maximum absolute atomic E-state index is 12.5. The van der Waals surface area contributed by atoms with Gasteiger partial charge in [-0.05, 0) is 68.0 Å². The number of nitrogens with zero attached hydrogens (tertiary/aromatic N) is 2. The molecule has 1 aromatic heterocycles. The van der Waals surface area contributed by atoms with Crippen LogP contribution in [0.3, 0.4) is 0 Å². The van der Waals surface area contributed by atoms with E-state index in [1.165, 1.54) is 56.9 Å². The van der Waals surface area contributed by atoms with Gasteiger partial charge in [-0.3, -0.25) is 4.98 Å². The summed E-state index contributed by atoms with van der Waals surface area (Å²) >= 11 is 0. The van der Waals surface area contributed by atoms with E-state index in [-0.39, 0.29) is 5.92 Å². The highest BCUT2D eigenvalue weighted by Gasteiger charge is 2.36. The lowest BCUT2D eigenvalue weighted by Gasteiger charge is -2.21. The van der Waals surface area contributed by atoms with Crippen molar-refractivity contribution in [2.75, 3.05) is 0 Å². The van der Waals surface area contributed by atoms with E-state index in [0.717, 1.165) is 17.7 Å². The number of benzene rings is 1. The Balaban J connectivity index is 1.83. The van der Waals surface area contributed by atoms with Crippen molar-refractivity contribution < 1.29 is 9.53 Å². The van der Waals surface area contributed by atoms with E-state index in [4.69, 9.17) is 4.74 Å². The highest BCUT2D eigenvalue weighted by atomic mass is 16.5. The van der Waals surface area contributed by atoms with Gasteiger partial charge < -0.3 is 4.74 Å². The van der Waals surface area contributed by atoms with Crippen LogP contribution >= 0.6 is 0 Å². The molecule has 0 amide bonds. The third-order valence-corrected chi connectivity index (χ3v) is 6.02. The summed E-state index contributed by atoms with van der Waals surface area (Å²) in [5.74, 6) is 0.171. The molecular formula is C29H40N2O2. The van der Waals surface area contributed by atoms with Crippen LogP contribution in [0.5, 0.6) is 5.75 Å². The Morgan fingerprint density at radius 2 is 1.64 bits per heavy atom. The second-order valence-electron chi connectivity index (χ2n) is 9.73. The number of pyridine rings is 1. The average molecular weight is 449 g/mol. The van der Waals surface area contributed by atoms with E-state index in [2.05, 4.69) is 30.1 Å². The van der Waals surface area contributed by atoms with Gasteiger partial charge in [-0.25, -0.2) is 4.79 Å². The van der Waals surface area contributed by atoms with Crippen molar-refractivity contribution in [3.63, 3.8) is 0 Å². The van der Waals surface area contributed by atoms with E-state index in [1.54, 1.807) is 19.1 Å². The van der Waals surface area contributed by atoms with Gasteiger partial charge in [0.15, 0.2) is 5.41 Å². The maximum atomic E-state index is 12.5. The zero-order valence-corrected chi connectivity index (χ0v) is 20.9. The number of rotatable bonds is 14. The second-order valence-corrected chi connectivity index (χ2v) is 9.73. The van der Waals surface area contributed by atoms with Crippen molar-refractivity contribution in [2.24, 2.45) is 11.3 Å². The summed E-state index contributed by atoms with van der Waals surface area (Å²) in [5, 5.41) is 9.46. The van der Waals surface area contributed by atoms with Gasteiger partial charge in [0.1, 0.15) is 5.75 Å². The van der Waals surface area contributed by atoms with Crippen LogP contribution in [-0.4, -0.2) is 11.0 Å². The van der Waals surface area contributed by atoms with Gasteiger partial charge in [-0.2, -0.15) is 5.26 Å². The fourth-order valence-corrected chi connectivity index (χ4v) is 4.11. The standard InChI is InChI=1S/C29H40N2O2/c1-5-6-7-8-9-10-11-12-13-24-14-19-27(31-21-24)25-15-17-26(18-16-25)33-28(32)29(4,22-30)20-23(2)3/h14-19,21,23H,5-13,20H2,1-4H3. The van der Waals surface area contributed by atoms with Gasteiger partial charge in [0.05, 0.1) is 11.8 Å². The monoisotopic (exact) mass is 448 g/mol. The molecule has 1 aromatic carbocycles. The van der Waals surface area contributed by atoms with Gasteiger partial charge in [0.2, 0.25) is 0 Å². The lowest BCUT2D eigenvalue weighted by molar-refractivity contribution is -0.142. The van der Waals surface area contributed by atoms with Gasteiger partial charge in [0, 0.05) is 11.8 Å². The molecule has 1 atom stereocenters. The van der Waals surface area contributed by atoms with Crippen molar-refractivity contribution in [2.45, 2.75) is 91.9 Å². The topological polar surface area (TPSA) is 63.0 Å². The van der Waals surface area contributed by atoms with Crippen molar-refractivity contribution in [3.05, 3.63) is 48.2 Å². The first kappa shape index (κ1) is 26.6. The Bertz CT molecular complexity index is 881. The van der Waals surface area contributed by atoms with Gasteiger partial charge in [-0.15, -0.1) is 0 Å². The zero-order valence-electron chi connectivity index (χ0n) is 20.9. The quantitative estimate of drug-likeness (QED) is 0.167. The summed E-state index contributed by atoms with van der Waals surface area (Å²) in [6.07, 6.45) is 14.1. The minimum atomic E-state index is -1.14. The minimum absolute atomic E-state index is 0.231. The number of aryl methyl sites for hydroxylation is 1. The summed E-state index contributed by atoms with van der Waals surface area (Å²) in [7, 11) is 0. The first-order chi connectivity index (χ1) is 15.9. The molecule has 0 spiro atoms. The number of hydrogen-bond acceptors (Lipinski definition) is 4.